The summed E-state index contributed by atoms with van der Waals surface area (Å²) in [6.45, 7) is 6.78. The molecule has 0 unspecified atom stereocenters. The second-order valence-electron chi connectivity index (χ2n) is 8.57. The fraction of sp³-hybridized carbons (Fsp3) is 0.476. The smallest absolute Gasteiger partial charge is 0.475 e. The van der Waals surface area contributed by atoms with Crippen molar-refractivity contribution in [1.29, 1.82) is 0 Å². The SMILES string of the molecule is CC(=O)N1Cc2c(noc2C2CC2)-c2c(n(C(C)C)c3ncnc(N)c23)C1.O=C(O)C(F)(F)F. The van der Waals surface area contributed by atoms with Crippen molar-refractivity contribution in [2.24, 2.45) is 0 Å². The summed E-state index contributed by atoms with van der Waals surface area (Å²) in [6, 6.07) is 0.149. The number of alkyl halides is 3. The quantitative estimate of drug-likeness (QED) is 0.567. The van der Waals surface area contributed by atoms with Crippen LogP contribution in [0.25, 0.3) is 22.3 Å². The minimum absolute atomic E-state index is 0.0244. The lowest BCUT2D eigenvalue weighted by atomic mass is 10.0. The molecule has 0 aromatic carbocycles. The van der Waals surface area contributed by atoms with Crippen molar-refractivity contribution < 1.29 is 32.4 Å². The summed E-state index contributed by atoms with van der Waals surface area (Å²) in [5.41, 5.74) is 10.7. The predicted molar refractivity (Wildman–Crippen MR) is 113 cm³/mol. The van der Waals surface area contributed by atoms with E-state index in [0.29, 0.717) is 24.8 Å². The van der Waals surface area contributed by atoms with Crippen LogP contribution in [0.2, 0.25) is 0 Å². The van der Waals surface area contributed by atoms with E-state index >= 15 is 0 Å². The van der Waals surface area contributed by atoms with Crippen LogP contribution in [0.5, 0.6) is 0 Å². The Balaban J connectivity index is 0.000000344. The fourth-order valence-electron chi connectivity index (χ4n) is 4.16. The molecule has 1 aliphatic heterocycles. The molecule has 0 saturated heterocycles. The van der Waals surface area contributed by atoms with Gasteiger partial charge in [-0.1, -0.05) is 5.16 Å². The number of carboxylic acids is 1. The van der Waals surface area contributed by atoms with Crippen LogP contribution in [0, 0.1) is 0 Å². The van der Waals surface area contributed by atoms with E-state index in [0.717, 1.165) is 52.2 Å². The first-order valence-electron chi connectivity index (χ1n) is 10.6. The zero-order chi connectivity index (χ0) is 24.9. The van der Waals surface area contributed by atoms with Gasteiger partial charge in [-0.3, -0.25) is 4.79 Å². The van der Waals surface area contributed by atoms with Gasteiger partial charge in [-0.2, -0.15) is 13.2 Å². The summed E-state index contributed by atoms with van der Waals surface area (Å²) in [4.78, 5) is 31.8. The number of fused-ring (bicyclic) bond motifs is 5. The van der Waals surface area contributed by atoms with Crippen LogP contribution in [0.15, 0.2) is 10.9 Å². The Labute approximate surface area is 191 Å². The molecule has 1 aliphatic carbocycles. The van der Waals surface area contributed by atoms with Crippen LogP contribution in [0.1, 0.15) is 62.6 Å². The zero-order valence-corrected chi connectivity index (χ0v) is 18.7. The van der Waals surface area contributed by atoms with Crippen molar-refractivity contribution in [1.82, 2.24) is 24.6 Å². The van der Waals surface area contributed by atoms with Crippen molar-refractivity contribution in [2.45, 2.75) is 64.8 Å². The summed E-state index contributed by atoms with van der Waals surface area (Å²) in [5, 5.41) is 12.4. The summed E-state index contributed by atoms with van der Waals surface area (Å²) in [5.74, 6) is -0.994. The number of nitrogen functional groups attached to an aromatic ring is 1. The van der Waals surface area contributed by atoms with Crippen LogP contribution in [-0.2, 0) is 22.7 Å². The first kappa shape index (κ1) is 23.5. The number of carbonyl (C=O) groups excluding carboxylic acids is 1. The number of amides is 1. The van der Waals surface area contributed by atoms with Gasteiger partial charge in [-0.15, -0.1) is 0 Å². The third-order valence-corrected chi connectivity index (χ3v) is 5.81. The Morgan fingerprint density at radius 3 is 2.41 bits per heavy atom. The Morgan fingerprint density at radius 1 is 1.24 bits per heavy atom. The highest BCUT2D eigenvalue weighted by molar-refractivity contribution is 6.02. The summed E-state index contributed by atoms with van der Waals surface area (Å²) < 4.78 is 39.6. The molecule has 13 heteroatoms. The van der Waals surface area contributed by atoms with E-state index in [2.05, 4.69) is 33.5 Å². The number of aliphatic carboxylic acids is 1. The number of anilines is 1. The Hall–Kier alpha value is -3.64. The number of nitrogens with two attached hydrogens (primary N) is 1. The van der Waals surface area contributed by atoms with E-state index in [1.807, 2.05) is 4.90 Å². The van der Waals surface area contributed by atoms with Gasteiger partial charge >= 0.3 is 12.1 Å². The second-order valence-corrected chi connectivity index (χ2v) is 8.57. The molecule has 0 radical (unpaired) electrons. The van der Waals surface area contributed by atoms with Crippen LogP contribution >= 0.6 is 0 Å². The number of hydrogen-bond donors (Lipinski definition) is 2. The lowest BCUT2D eigenvalue weighted by Gasteiger charge is -2.22. The monoisotopic (exact) mass is 480 g/mol. The molecule has 0 bridgehead atoms. The molecule has 1 amide bonds. The topological polar surface area (TPSA) is 140 Å². The van der Waals surface area contributed by atoms with Crippen LogP contribution < -0.4 is 5.73 Å². The predicted octanol–water partition coefficient (Wildman–Crippen LogP) is 3.62. The molecule has 10 nitrogen and oxygen atoms in total. The maximum atomic E-state index is 12.4. The van der Waals surface area contributed by atoms with E-state index in [1.165, 1.54) is 6.33 Å². The lowest BCUT2D eigenvalue weighted by Crippen LogP contribution is -2.28. The van der Waals surface area contributed by atoms with Crippen molar-refractivity contribution in [3.8, 4) is 11.3 Å². The largest absolute Gasteiger partial charge is 0.490 e. The van der Waals surface area contributed by atoms with E-state index < -0.39 is 12.1 Å². The van der Waals surface area contributed by atoms with Gasteiger partial charge in [0.2, 0.25) is 5.91 Å². The molecule has 4 heterocycles. The standard InChI is InChI=1S/C19H22N6O2.C2HF3O2/c1-9(2)25-13-7-24(10(3)26)6-12-16(23-27-17(12)11-4-5-11)14(13)15-18(20)21-8-22-19(15)25;3-2(4,5)1(6)7/h8-9,11H,4-7H2,1-3H3,(H2,20,21,22);(H,6,7). The fourth-order valence-corrected chi connectivity index (χ4v) is 4.16. The number of aromatic nitrogens is 4. The van der Waals surface area contributed by atoms with Crippen molar-refractivity contribution in [3.05, 3.63) is 23.3 Å². The van der Waals surface area contributed by atoms with Gasteiger partial charge in [0.1, 0.15) is 29.2 Å². The molecule has 1 fully saturated rings. The Morgan fingerprint density at radius 2 is 1.88 bits per heavy atom. The Bertz CT molecular complexity index is 1280. The molecule has 0 spiro atoms. The summed E-state index contributed by atoms with van der Waals surface area (Å²) >= 11 is 0. The van der Waals surface area contributed by atoms with Crippen LogP contribution in [-0.4, -0.2) is 47.8 Å². The molecule has 0 atom stereocenters. The normalized spacial score (nSPS) is 15.4. The van der Waals surface area contributed by atoms with Gasteiger partial charge in [0.25, 0.3) is 0 Å². The molecule has 5 rings (SSSR count). The van der Waals surface area contributed by atoms with Gasteiger partial charge < -0.3 is 24.8 Å². The number of hydrogen-bond acceptors (Lipinski definition) is 7. The van der Waals surface area contributed by atoms with E-state index in [4.69, 9.17) is 20.2 Å². The maximum Gasteiger partial charge on any atom is 0.490 e. The second kappa shape index (κ2) is 8.29. The van der Waals surface area contributed by atoms with Gasteiger partial charge in [0.05, 0.1) is 18.5 Å². The first-order chi connectivity index (χ1) is 15.9. The minimum Gasteiger partial charge on any atom is -0.475 e. The van der Waals surface area contributed by atoms with E-state index in [1.54, 1.807) is 6.92 Å². The zero-order valence-electron chi connectivity index (χ0n) is 18.7. The van der Waals surface area contributed by atoms with Gasteiger partial charge in [0.15, 0.2) is 0 Å². The maximum absolute atomic E-state index is 12.4. The molecule has 3 N–H and O–H groups in total. The van der Waals surface area contributed by atoms with Crippen molar-refractivity contribution in [2.75, 3.05) is 5.73 Å². The molecular formula is C21H23F3N6O4. The average Bonchev–Trinajstić information content (AvgIpc) is 3.44. The van der Waals surface area contributed by atoms with Crippen molar-refractivity contribution >= 4 is 28.7 Å². The lowest BCUT2D eigenvalue weighted by molar-refractivity contribution is -0.192. The number of carbonyl (C=O) groups is 2. The van der Waals surface area contributed by atoms with E-state index in [9.17, 15) is 18.0 Å². The Kier molecular flexibility index (Phi) is 5.74. The summed E-state index contributed by atoms with van der Waals surface area (Å²) in [7, 11) is 0. The number of nitrogens with zero attached hydrogens (tertiary/aromatic N) is 5. The minimum atomic E-state index is -5.08. The average molecular weight is 480 g/mol. The molecule has 3 aromatic rings. The molecule has 34 heavy (non-hydrogen) atoms. The number of halogens is 3. The van der Waals surface area contributed by atoms with Gasteiger partial charge in [0, 0.05) is 35.7 Å². The third-order valence-electron chi connectivity index (χ3n) is 5.81. The van der Waals surface area contributed by atoms with Gasteiger partial charge in [-0.05, 0) is 26.7 Å². The van der Waals surface area contributed by atoms with Crippen LogP contribution in [0.4, 0.5) is 19.0 Å². The third kappa shape index (κ3) is 4.05. The highest BCUT2D eigenvalue weighted by Gasteiger charge is 2.39. The molecule has 3 aromatic heterocycles. The molecule has 1 saturated carbocycles. The molecular weight excluding hydrogens is 457 g/mol. The summed E-state index contributed by atoms with van der Waals surface area (Å²) in [6.07, 6.45) is -1.39. The van der Waals surface area contributed by atoms with E-state index in [-0.39, 0.29) is 11.9 Å². The van der Waals surface area contributed by atoms with Crippen molar-refractivity contribution in [3.63, 3.8) is 0 Å². The highest BCUT2D eigenvalue weighted by atomic mass is 19.4. The van der Waals surface area contributed by atoms with Gasteiger partial charge in [-0.25, -0.2) is 14.8 Å². The first-order valence-corrected chi connectivity index (χ1v) is 10.6. The highest BCUT2D eigenvalue weighted by Crippen LogP contribution is 2.48. The molecule has 2 aliphatic rings. The number of rotatable bonds is 2. The number of carboxylic acid groups (broad SMARTS) is 1. The molecule has 182 valence electrons. The van der Waals surface area contributed by atoms with Crippen LogP contribution in [0.3, 0.4) is 0 Å².